The van der Waals surface area contributed by atoms with Gasteiger partial charge in [-0.15, -0.1) is 11.3 Å². The van der Waals surface area contributed by atoms with Gasteiger partial charge in [0.1, 0.15) is 11.5 Å². The first-order chi connectivity index (χ1) is 16.0. The van der Waals surface area contributed by atoms with E-state index < -0.39 is 23.5 Å². The van der Waals surface area contributed by atoms with Crippen LogP contribution in [-0.4, -0.2) is 36.0 Å². The van der Waals surface area contributed by atoms with E-state index in [-0.39, 0.29) is 5.57 Å². The van der Waals surface area contributed by atoms with E-state index in [9.17, 15) is 14.7 Å². The first-order valence-electron chi connectivity index (χ1n) is 9.95. The van der Waals surface area contributed by atoms with Crippen LogP contribution in [0.3, 0.4) is 0 Å². The number of aliphatic hydroxyl groups excluding tert-OH is 1. The number of hydrogen-bond acceptors (Lipinski definition) is 8. The molecule has 0 saturated heterocycles. The van der Waals surface area contributed by atoms with E-state index in [0.717, 1.165) is 4.70 Å². The van der Waals surface area contributed by atoms with Crippen molar-refractivity contribution >= 4 is 49.7 Å². The van der Waals surface area contributed by atoms with Crippen LogP contribution >= 0.6 is 22.7 Å². The number of aliphatic hydroxyl groups is 1. The average molecular weight is 479 g/mol. The van der Waals surface area contributed by atoms with Gasteiger partial charge in [-0.05, 0) is 47.3 Å². The van der Waals surface area contributed by atoms with Gasteiger partial charge in [0.05, 0.1) is 40.9 Å². The van der Waals surface area contributed by atoms with E-state index in [4.69, 9.17) is 9.47 Å². The number of aromatic nitrogens is 1. The van der Waals surface area contributed by atoms with E-state index in [1.54, 1.807) is 68.1 Å². The number of Topliss-reactive ketones (excluding diaryl/α,β-unsaturated/α-hetero) is 1. The van der Waals surface area contributed by atoms with Gasteiger partial charge in [0, 0.05) is 0 Å². The molecule has 0 fully saturated rings. The molecule has 166 valence electrons. The summed E-state index contributed by atoms with van der Waals surface area (Å²) < 4.78 is 11.5. The molecule has 0 bridgehead atoms. The number of hydrogen-bond donors (Lipinski definition) is 1. The van der Waals surface area contributed by atoms with Crippen LogP contribution in [0.4, 0.5) is 5.13 Å². The molecule has 1 atom stereocenters. The number of ketones is 1. The molecule has 33 heavy (non-hydrogen) atoms. The van der Waals surface area contributed by atoms with E-state index >= 15 is 0 Å². The van der Waals surface area contributed by atoms with E-state index in [1.807, 2.05) is 6.07 Å². The second-order valence-electron chi connectivity index (χ2n) is 7.25. The summed E-state index contributed by atoms with van der Waals surface area (Å²) in [4.78, 5) is 33.1. The van der Waals surface area contributed by atoms with Crippen molar-refractivity contribution in [2.75, 3.05) is 19.1 Å². The van der Waals surface area contributed by atoms with Crippen molar-refractivity contribution in [2.45, 2.75) is 6.04 Å². The average Bonchev–Trinajstić information content (AvgIpc) is 3.57. The van der Waals surface area contributed by atoms with Gasteiger partial charge in [0.2, 0.25) is 5.78 Å². The number of rotatable bonds is 6. The number of benzene rings is 2. The Morgan fingerprint density at radius 2 is 1.85 bits per heavy atom. The Balaban J connectivity index is 1.68. The molecule has 0 unspecified atom stereocenters. The van der Waals surface area contributed by atoms with Gasteiger partial charge in [0.25, 0.3) is 5.91 Å². The molecule has 2 aromatic heterocycles. The molecule has 1 aliphatic heterocycles. The van der Waals surface area contributed by atoms with Crippen LogP contribution in [0.25, 0.3) is 10.2 Å². The van der Waals surface area contributed by atoms with Gasteiger partial charge in [-0.1, -0.05) is 29.5 Å². The molecule has 5 rings (SSSR count). The fraction of sp³-hybridized carbons (Fsp3) is 0.125. The molecule has 0 spiro atoms. The highest BCUT2D eigenvalue weighted by Gasteiger charge is 2.46. The molecule has 0 radical (unpaired) electrons. The summed E-state index contributed by atoms with van der Waals surface area (Å²) in [6.07, 6.45) is 0. The largest absolute Gasteiger partial charge is 0.503 e. The number of nitrogens with zero attached hydrogens (tertiary/aromatic N) is 2. The van der Waals surface area contributed by atoms with Crippen LogP contribution in [0, 0.1) is 0 Å². The summed E-state index contributed by atoms with van der Waals surface area (Å²) in [6.45, 7) is 0. The van der Waals surface area contributed by atoms with E-state index in [2.05, 4.69) is 4.98 Å². The second-order valence-corrected chi connectivity index (χ2v) is 9.21. The predicted octanol–water partition coefficient (Wildman–Crippen LogP) is 5.16. The summed E-state index contributed by atoms with van der Waals surface area (Å²) in [7, 11) is 3.12. The number of thiazole rings is 1. The Labute approximate surface area is 197 Å². The minimum atomic E-state index is -0.857. The van der Waals surface area contributed by atoms with Crippen molar-refractivity contribution in [3.8, 4) is 11.5 Å². The lowest BCUT2D eigenvalue weighted by Crippen LogP contribution is -2.30. The van der Waals surface area contributed by atoms with Crippen LogP contribution in [-0.2, 0) is 4.79 Å². The summed E-state index contributed by atoms with van der Waals surface area (Å²) in [5.41, 5.74) is 1.33. The number of carbonyl (C=O) groups is 2. The molecule has 2 aromatic carbocycles. The zero-order valence-electron chi connectivity index (χ0n) is 17.6. The topological polar surface area (TPSA) is 89.0 Å². The fourth-order valence-corrected chi connectivity index (χ4v) is 5.52. The lowest BCUT2D eigenvalue weighted by atomic mass is 9.95. The Hall–Kier alpha value is -3.69. The van der Waals surface area contributed by atoms with Gasteiger partial charge in [-0.25, -0.2) is 4.98 Å². The second kappa shape index (κ2) is 8.34. The lowest BCUT2D eigenvalue weighted by Gasteiger charge is -2.24. The van der Waals surface area contributed by atoms with Crippen LogP contribution in [0.15, 0.2) is 71.3 Å². The number of methoxy groups -OCH3 is 2. The van der Waals surface area contributed by atoms with Gasteiger partial charge in [-0.3, -0.25) is 14.5 Å². The van der Waals surface area contributed by atoms with Crippen molar-refractivity contribution in [3.05, 3.63) is 81.8 Å². The normalized spacial score (nSPS) is 16.0. The Morgan fingerprint density at radius 1 is 1.06 bits per heavy atom. The summed E-state index contributed by atoms with van der Waals surface area (Å²) >= 11 is 2.54. The standard InChI is InChI=1S/C24H18N2O5S2/c1-30-14-6-3-5-13(11-14)20-19(21(27)17-7-4-10-32-17)22(28)23(29)26(20)24-25-16-9-8-15(31-2)12-18(16)33-24/h3-12,20,28H,1-2H3/t20-/m0/s1. The third-order valence-corrected chi connectivity index (χ3v) is 7.28. The van der Waals surface area contributed by atoms with Gasteiger partial charge < -0.3 is 14.6 Å². The molecule has 7 nitrogen and oxygen atoms in total. The molecule has 0 saturated carbocycles. The highest BCUT2D eigenvalue weighted by atomic mass is 32.1. The number of fused-ring (bicyclic) bond motifs is 1. The third kappa shape index (κ3) is 3.55. The maximum absolute atomic E-state index is 13.4. The number of ether oxygens (including phenoxy) is 2. The Morgan fingerprint density at radius 3 is 2.58 bits per heavy atom. The van der Waals surface area contributed by atoms with Crippen molar-refractivity contribution in [2.24, 2.45) is 0 Å². The molecule has 9 heteroatoms. The highest BCUT2D eigenvalue weighted by Crippen LogP contribution is 2.45. The van der Waals surface area contributed by atoms with Crippen molar-refractivity contribution in [1.82, 2.24) is 4.98 Å². The van der Waals surface area contributed by atoms with Crippen LogP contribution in [0.1, 0.15) is 21.3 Å². The Kier molecular flexibility index (Phi) is 5.35. The first kappa shape index (κ1) is 21.2. The molecular formula is C24H18N2O5S2. The molecule has 1 amide bonds. The third-order valence-electron chi connectivity index (χ3n) is 5.40. The van der Waals surface area contributed by atoms with Crippen molar-refractivity contribution in [1.29, 1.82) is 0 Å². The lowest BCUT2D eigenvalue weighted by molar-refractivity contribution is -0.117. The molecule has 3 heterocycles. The minimum absolute atomic E-state index is 0.0209. The number of thiophene rings is 1. The number of carbonyl (C=O) groups excluding carboxylic acids is 2. The highest BCUT2D eigenvalue weighted by molar-refractivity contribution is 7.22. The predicted molar refractivity (Wildman–Crippen MR) is 128 cm³/mol. The van der Waals surface area contributed by atoms with Crippen LogP contribution < -0.4 is 14.4 Å². The maximum Gasteiger partial charge on any atom is 0.296 e. The zero-order valence-corrected chi connectivity index (χ0v) is 19.3. The number of amides is 1. The summed E-state index contributed by atoms with van der Waals surface area (Å²) in [6, 6.07) is 15.1. The molecule has 1 N–H and O–H groups in total. The summed E-state index contributed by atoms with van der Waals surface area (Å²) in [5, 5.41) is 13.0. The Bertz CT molecular complexity index is 1410. The van der Waals surface area contributed by atoms with Gasteiger partial charge >= 0.3 is 0 Å². The van der Waals surface area contributed by atoms with Crippen LogP contribution in [0.5, 0.6) is 11.5 Å². The quantitative estimate of drug-likeness (QED) is 0.385. The van der Waals surface area contributed by atoms with E-state index in [1.165, 1.54) is 27.6 Å². The van der Waals surface area contributed by atoms with E-state index in [0.29, 0.717) is 32.6 Å². The van der Waals surface area contributed by atoms with Crippen LogP contribution in [0.2, 0.25) is 0 Å². The molecule has 4 aromatic rings. The SMILES string of the molecule is COc1cccc([C@H]2C(C(=O)c3cccs3)=C(O)C(=O)N2c2nc3ccc(OC)cc3s2)c1. The van der Waals surface area contributed by atoms with Crippen molar-refractivity contribution < 1.29 is 24.2 Å². The first-order valence-corrected chi connectivity index (χ1v) is 11.6. The van der Waals surface area contributed by atoms with Crippen molar-refractivity contribution in [3.63, 3.8) is 0 Å². The zero-order chi connectivity index (χ0) is 23.1. The fourth-order valence-electron chi connectivity index (χ4n) is 3.82. The smallest absolute Gasteiger partial charge is 0.296 e. The molecule has 0 aliphatic carbocycles. The monoisotopic (exact) mass is 478 g/mol. The molecule has 1 aliphatic rings. The van der Waals surface area contributed by atoms with Gasteiger partial charge in [0.15, 0.2) is 10.9 Å². The minimum Gasteiger partial charge on any atom is -0.503 e. The summed E-state index contributed by atoms with van der Waals surface area (Å²) in [5.74, 6) is -0.395. The maximum atomic E-state index is 13.4. The number of anilines is 1. The van der Waals surface area contributed by atoms with Gasteiger partial charge in [-0.2, -0.15) is 0 Å². The molecular weight excluding hydrogens is 460 g/mol.